The van der Waals surface area contributed by atoms with E-state index in [2.05, 4.69) is 198 Å². The van der Waals surface area contributed by atoms with E-state index in [-0.39, 0.29) is 5.92 Å². The minimum Gasteiger partial charge on any atom is -0.308 e. The van der Waals surface area contributed by atoms with Gasteiger partial charge in [-0.05, 0) is 95.1 Å². The Hall–Kier alpha value is -6.43. The molecule has 1 aromatic heterocycles. The summed E-state index contributed by atoms with van der Waals surface area (Å²) < 4.78 is 0. The third kappa shape index (κ3) is 5.76. The maximum atomic E-state index is 5.40. The molecule has 2 aliphatic rings. The fourth-order valence-corrected chi connectivity index (χ4v) is 8.60. The van der Waals surface area contributed by atoms with Crippen LogP contribution in [-0.4, -0.2) is 9.97 Å². The molecule has 0 radical (unpaired) electrons. The van der Waals surface area contributed by atoms with Crippen molar-refractivity contribution in [1.82, 2.24) is 9.97 Å². The van der Waals surface area contributed by atoms with Gasteiger partial charge in [0, 0.05) is 38.2 Å². The summed E-state index contributed by atoms with van der Waals surface area (Å²) in [7, 11) is 0. The van der Waals surface area contributed by atoms with Gasteiger partial charge in [0.05, 0.1) is 22.6 Å². The van der Waals surface area contributed by atoms with Crippen LogP contribution in [0.3, 0.4) is 0 Å². The van der Waals surface area contributed by atoms with E-state index >= 15 is 0 Å². The number of rotatable bonds is 6. The number of hydrogen-bond acceptors (Lipinski definition) is 5. The van der Waals surface area contributed by atoms with Crippen molar-refractivity contribution in [3.63, 3.8) is 0 Å². The van der Waals surface area contributed by atoms with Gasteiger partial charge in [-0.2, -0.15) is 0 Å². The summed E-state index contributed by atoms with van der Waals surface area (Å²) in [6.45, 7) is 0. The quantitative estimate of drug-likeness (QED) is 0.173. The van der Waals surface area contributed by atoms with Crippen molar-refractivity contribution in [2.24, 2.45) is 0 Å². The Morgan fingerprint density at radius 1 is 0.566 bits per heavy atom. The smallest absolute Gasteiger partial charge is 0.235 e. The van der Waals surface area contributed by atoms with Gasteiger partial charge in [-0.15, -0.1) is 0 Å². The lowest BCUT2D eigenvalue weighted by atomic mass is 9.94. The standard InChI is InChI=1S/C48H34N4S/c1-3-15-34(16-4-1)47-41-22-9-10-23-42(41)49-48(50-47)51(40-28-26-33-14-7-8-17-35(33)30-40)39-21-13-18-36(31-39)37-27-29-46-44(32-37)52(38-19-5-2-6-20-38)43-24-11-12-25-45(43)53-46/h1-15,17-32,34H,16H2. The first-order valence-electron chi connectivity index (χ1n) is 18.0. The summed E-state index contributed by atoms with van der Waals surface area (Å²) in [6.07, 6.45) is 9.63. The monoisotopic (exact) mass is 698 g/mol. The predicted molar refractivity (Wildman–Crippen MR) is 222 cm³/mol. The van der Waals surface area contributed by atoms with Crippen LogP contribution < -0.4 is 9.80 Å². The molecular formula is C48H34N4S. The van der Waals surface area contributed by atoms with E-state index in [4.69, 9.17) is 9.97 Å². The number of para-hydroxylation sites is 3. The second-order valence-corrected chi connectivity index (χ2v) is 14.5. The molecule has 0 bridgehead atoms. The van der Waals surface area contributed by atoms with Crippen molar-refractivity contribution < 1.29 is 0 Å². The van der Waals surface area contributed by atoms with Crippen LogP contribution in [0.1, 0.15) is 18.0 Å². The van der Waals surface area contributed by atoms with Crippen molar-refractivity contribution in [3.05, 3.63) is 194 Å². The predicted octanol–water partition coefficient (Wildman–Crippen LogP) is 13.5. The zero-order valence-electron chi connectivity index (χ0n) is 28.9. The number of benzene rings is 7. The third-order valence-electron chi connectivity index (χ3n) is 10.1. The molecule has 10 rings (SSSR count). The minimum atomic E-state index is 0.169. The first-order chi connectivity index (χ1) is 26.3. The minimum absolute atomic E-state index is 0.169. The topological polar surface area (TPSA) is 32.3 Å². The summed E-state index contributed by atoms with van der Waals surface area (Å²) in [5.74, 6) is 0.824. The molecule has 0 spiro atoms. The molecule has 1 aliphatic carbocycles. The van der Waals surface area contributed by atoms with Gasteiger partial charge >= 0.3 is 0 Å². The lowest BCUT2D eigenvalue weighted by Gasteiger charge is -2.33. The molecule has 1 aliphatic heterocycles. The van der Waals surface area contributed by atoms with E-state index in [1.54, 1.807) is 0 Å². The maximum absolute atomic E-state index is 5.40. The largest absolute Gasteiger partial charge is 0.308 e. The number of allylic oxidation sites excluding steroid dienone is 4. The maximum Gasteiger partial charge on any atom is 0.235 e. The summed E-state index contributed by atoms with van der Waals surface area (Å²) in [5, 5.41) is 3.45. The van der Waals surface area contributed by atoms with Gasteiger partial charge in [0.2, 0.25) is 5.95 Å². The van der Waals surface area contributed by atoms with Gasteiger partial charge in [0.1, 0.15) is 0 Å². The third-order valence-corrected chi connectivity index (χ3v) is 11.3. The van der Waals surface area contributed by atoms with Crippen LogP contribution >= 0.6 is 11.8 Å². The average molecular weight is 699 g/mol. The molecule has 1 unspecified atom stereocenters. The summed E-state index contributed by atoms with van der Waals surface area (Å²) in [5.41, 5.74) is 9.75. The molecule has 0 saturated carbocycles. The lowest BCUT2D eigenvalue weighted by molar-refractivity contribution is 0.819. The van der Waals surface area contributed by atoms with Gasteiger partial charge in [0.15, 0.2) is 0 Å². The van der Waals surface area contributed by atoms with Crippen LogP contribution in [0.5, 0.6) is 0 Å². The number of nitrogens with zero attached hydrogens (tertiary/aromatic N) is 4. The van der Waals surface area contributed by atoms with Crippen LogP contribution in [0.2, 0.25) is 0 Å². The summed E-state index contributed by atoms with van der Waals surface area (Å²) >= 11 is 1.83. The molecule has 2 heterocycles. The molecular weight excluding hydrogens is 665 g/mol. The Kier molecular flexibility index (Phi) is 7.85. The molecule has 7 aromatic carbocycles. The van der Waals surface area contributed by atoms with Crippen LogP contribution in [-0.2, 0) is 0 Å². The SMILES string of the molecule is C1=CCC(c2nc(N(c3cccc(-c4ccc5c(c4)N(c4ccccc4)c4ccccc4S5)c3)c3ccc4ccccc4c3)nc3ccccc23)C=C1. The molecule has 8 aromatic rings. The van der Waals surface area contributed by atoms with Crippen molar-refractivity contribution in [2.75, 3.05) is 9.80 Å². The van der Waals surface area contributed by atoms with E-state index < -0.39 is 0 Å². The van der Waals surface area contributed by atoms with Gasteiger partial charge in [-0.1, -0.05) is 133 Å². The second kappa shape index (κ2) is 13.3. The Morgan fingerprint density at radius 2 is 1.34 bits per heavy atom. The normalized spacial score (nSPS) is 14.6. The fourth-order valence-electron chi connectivity index (χ4n) is 7.56. The highest BCUT2D eigenvalue weighted by Gasteiger charge is 2.26. The second-order valence-electron chi connectivity index (χ2n) is 13.4. The van der Waals surface area contributed by atoms with E-state index in [1.165, 1.54) is 31.9 Å². The Labute approximate surface area is 313 Å². The molecule has 0 N–H and O–H groups in total. The molecule has 4 nitrogen and oxygen atoms in total. The van der Waals surface area contributed by atoms with Crippen molar-refractivity contribution in [1.29, 1.82) is 0 Å². The van der Waals surface area contributed by atoms with Crippen LogP contribution in [0.25, 0.3) is 32.8 Å². The number of aromatic nitrogens is 2. The van der Waals surface area contributed by atoms with Gasteiger partial charge in [-0.25, -0.2) is 9.97 Å². The van der Waals surface area contributed by atoms with E-state index in [1.807, 2.05) is 11.8 Å². The first-order valence-corrected chi connectivity index (χ1v) is 18.8. The zero-order valence-corrected chi connectivity index (χ0v) is 29.7. The van der Waals surface area contributed by atoms with Crippen molar-refractivity contribution >= 4 is 67.8 Å². The highest BCUT2D eigenvalue weighted by Crippen LogP contribution is 2.52. The molecule has 0 fully saturated rings. The van der Waals surface area contributed by atoms with Crippen molar-refractivity contribution in [3.8, 4) is 11.1 Å². The summed E-state index contributed by atoms with van der Waals surface area (Å²) in [6, 6.07) is 58.4. The van der Waals surface area contributed by atoms with E-state index in [0.717, 1.165) is 51.2 Å². The van der Waals surface area contributed by atoms with Crippen LogP contribution in [0.4, 0.5) is 34.4 Å². The number of fused-ring (bicyclic) bond motifs is 4. The number of anilines is 6. The summed E-state index contributed by atoms with van der Waals surface area (Å²) in [4.78, 5) is 17.7. The molecule has 1 atom stereocenters. The Balaban J connectivity index is 1.13. The van der Waals surface area contributed by atoms with Crippen molar-refractivity contribution in [2.45, 2.75) is 22.1 Å². The molecule has 252 valence electrons. The molecule has 53 heavy (non-hydrogen) atoms. The Morgan fingerprint density at radius 3 is 2.25 bits per heavy atom. The van der Waals surface area contributed by atoms with E-state index in [9.17, 15) is 0 Å². The number of hydrogen-bond donors (Lipinski definition) is 0. The van der Waals surface area contributed by atoms with Gasteiger partial charge < -0.3 is 4.90 Å². The van der Waals surface area contributed by atoms with Gasteiger partial charge in [-0.3, -0.25) is 4.90 Å². The highest BCUT2D eigenvalue weighted by molar-refractivity contribution is 7.99. The first kappa shape index (κ1) is 31.3. The van der Waals surface area contributed by atoms with Crippen LogP contribution in [0.15, 0.2) is 198 Å². The zero-order chi connectivity index (χ0) is 35.1. The highest BCUT2D eigenvalue weighted by atomic mass is 32.2. The molecule has 0 amide bonds. The molecule has 0 saturated heterocycles. The van der Waals surface area contributed by atoms with E-state index in [0.29, 0.717) is 5.95 Å². The molecule has 5 heteroatoms. The van der Waals surface area contributed by atoms with Gasteiger partial charge in [0.25, 0.3) is 0 Å². The average Bonchev–Trinajstić information content (AvgIpc) is 3.23. The van der Waals surface area contributed by atoms with Crippen LogP contribution in [0, 0.1) is 0 Å². The fraction of sp³-hybridized carbons (Fsp3) is 0.0417. The lowest BCUT2D eigenvalue weighted by Crippen LogP contribution is -2.16. The Bertz CT molecular complexity index is 2720.